The molecule has 1 aromatic heterocycles. The molecule has 0 radical (unpaired) electrons. The number of amides is 1. The molecule has 0 aliphatic carbocycles. The molecule has 118 valence electrons. The molecule has 5 nitrogen and oxygen atoms in total. The smallest absolute Gasteiger partial charge is 0.225 e. The summed E-state index contributed by atoms with van der Waals surface area (Å²) in [5.41, 5.74) is 7.96. The lowest BCUT2D eigenvalue weighted by Gasteiger charge is -2.38. The Labute approximate surface area is 127 Å². The van der Waals surface area contributed by atoms with Gasteiger partial charge in [0.25, 0.3) is 0 Å². The van der Waals surface area contributed by atoms with E-state index in [1.54, 1.807) is 0 Å². The van der Waals surface area contributed by atoms with Crippen molar-refractivity contribution < 1.29 is 4.79 Å². The first-order valence-electron chi connectivity index (χ1n) is 7.94. The fourth-order valence-corrected chi connectivity index (χ4v) is 3.35. The van der Waals surface area contributed by atoms with Gasteiger partial charge < -0.3 is 10.6 Å². The summed E-state index contributed by atoms with van der Waals surface area (Å²) >= 11 is 0. The second-order valence-electron chi connectivity index (χ2n) is 6.53. The largest absolute Gasteiger partial charge is 0.338 e. The van der Waals surface area contributed by atoms with Crippen molar-refractivity contribution in [2.75, 3.05) is 13.1 Å². The molecule has 21 heavy (non-hydrogen) atoms. The number of aromatic nitrogens is 2. The van der Waals surface area contributed by atoms with Crippen LogP contribution in [-0.4, -0.2) is 39.7 Å². The summed E-state index contributed by atoms with van der Waals surface area (Å²) in [4.78, 5) is 14.6. The van der Waals surface area contributed by atoms with Crippen LogP contribution >= 0.6 is 0 Å². The van der Waals surface area contributed by atoms with Crippen LogP contribution in [0.4, 0.5) is 0 Å². The monoisotopic (exact) mass is 292 g/mol. The molecule has 1 aliphatic heterocycles. The van der Waals surface area contributed by atoms with Crippen LogP contribution in [0.3, 0.4) is 0 Å². The fraction of sp³-hybridized carbons (Fsp3) is 0.750. The van der Waals surface area contributed by atoms with Gasteiger partial charge in [-0.15, -0.1) is 0 Å². The summed E-state index contributed by atoms with van der Waals surface area (Å²) in [7, 11) is 0. The molecule has 2 heterocycles. The van der Waals surface area contributed by atoms with Crippen LogP contribution < -0.4 is 5.73 Å². The first-order chi connectivity index (χ1) is 9.92. The van der Waals surface area contributed by atoms with Crippen molar-refractivity contribution in [1.29, 1.82) is 0 Å². The van der Waals surface area contributed by atoms with E-state index in [1.807, 2.05) is 29.5 Å². The Kier molecular flexibility index (Phi) is 5.04. The molecule has 3 unspecified atom stereocenters. The van der Waals surface area contributed by atoms with Gasteiger partial charge in [-0.2, -0.15) is 5.10 Å². The zero-order chi connectivity index (χ0) is 15.6. The lowest BCUT2D eigenvalue weighted by Crippen LogP contribution is -2.49. The molecule has 1 aromatic rings. The van der Waals surface area contributed by atoms with E-state index in [-0.39, 0.29) is 18.0 Å². The number of hydrogen-bond donors (Lipinski definition) is 1. The number of likely N-dealkylation sites (tertiary alicyclic amines) is 1. The number of rotatable bonds is 4. The Bertz CT molecular complexity index is 496. The molecule has 2 N–H and O–H groups in total. The molecule has 0 bridgehead atoms. The average Bonchev–Trinajstić information content (AvgIpc) is 2.77. The minimum Gasteiger partial charge on any atom is -0.338 e. The number of nitrogens with zero attached hydrogens (tertiary/aromatic N) is 3. The maximum Gasteiger partial charge on any atom is 0.225 e. The van der Waals surface area contributed by atoms with Crippen molar-refractivity contribution in [2.45, 2.75) is 59.0 Å². The molecule has 1 amide bonds. The van der Waals surface area contributed by atoms with Crippen LogP contribution in [0, 0.1) is 19.8 Å². The standard InChI is InChI=1S/C16H28N4O/c1-11-5-6-19(15(7-11)10-17)16(21)9-14(4)20-13(3)8-12(2)18-20/h8,11,14-15H,5-7,9-10,17H2,1-4H3. The maximum atomic E-state index is 12.6. The highest BCUT2D eigenvalue weighted by molar-refractivity contribution is 5.77. The third kappa shape index (κ3) is 3.64. The van der Waals surface area contributed by atoms with Crippen LogP contribution in [-0.2, 0) is 4.79 Å². The van der Waals surface area contributed by atoms with E-state index >= 15 is 0 Å². The number of carbonyl (C=O) groups excluding carboxylic acids is 1. The van der Waals surface area contributed by atoms with Crippen LogP contribution in [0.1, 0.15) is 50.5 Å². The fourth-order valence-electron chi connectivity index (χ4n) is 3.35. The molecule has 3 atom stereocenters. The molecule has 0 spiro atoms. The number of nitrogens with two attached hydrogens (primary N) is 1. The summed E-state index contributed by atoms with van der Waals surface area (Å²) in [6.07, 6.45) is 2.60. The van der Waals surface area contributed by atoms with E-state index in [9.17, 15) is 4.79 Å². The van der Waals surface area contributed by atoms with Gasteiger partial charge in [-0.25, -0.2) is 0 Å². The van der Waals surface area contributed by atoms with E-state index in [0.29, 0.717) is 18.9 Å². The number of carbonyl (C=O) groups is 1. The maximum absolute atomic E-state index is 12.6. The third-order valence-electron chi connectivity index (χ3n) is 4.50. The summed E-state index contributed by atoms with van der Waals surface area (Å²) < 4.78 is 1.96. The van der Waals surface area contributed by atoms with Crippen molar-refractivity contribution in [3.05, 3.63) is 17.5 Å². The second kappa shape index (κ2) is 6.60. The van der Waals surface area contributed by atoms with E-state index in [1.165, 1.54) is 0 Å². The van der Waals surface area contributed by atoms with Crippen molar-refractivity contribution >= 4 is 5.91 Å². The van der Waals surface area contributed by atoms with E-state index in [2.05, 4.69) is 18.9 Å². The molecule has 1 saturated heterocycles. The van der Waals surface area contributed by atoms with Gasteiger partial charge in [0.05, 0.1) is 11.7 Å². The predicted octanol–water partition coefficient (Wildman–Crippen LogP) is 2.04. The second-order valence-corrected chi connectivity index (χ2v) is 6.53. The number of aryl methyl sites for hydroxylation is 2. The molecule has 0 aromatic carbocycles. The lowest BCUT2D eigenvalue weighted by atomic mass is 9.92. The Morgan fingerprint density at radius 2 is 2.24 bits per heavy atom. The minimum absolute atomic E-state index is 0.0870. The summed E-state index contributed by atoms with van der Waals surface area (Å²) in [5, 5.41) is 4.48. The van der Waals surface area contributed by atoms with Crippen molar-refractivity contribution in [3.63, 3.8) is 0 Å². The quantitative estimate of drug-likeness (QED) is 0.923. The van der Waals surface area contributed by atoms with Gasteiger partial charge in [-0.05, 0) is 45.6 Å². The number of hydrogen-bond acceptors (Lipinski definition) is 3. The lowest BCUT2D eigenvalue weighted by molar-refractivity contribution is -0.136. The first kappa shape index (κ1) is 16.0. The SMILES string of the molecule is Cc1cc(C)n(C(C)CC(=O)N2CCC(C)CC2CN)n1. The van der Waals surface area contributed by atoms with Crippen molar-refractivity contribution in [1.82, 2.24) is 14.7 Å². The minimum atomic E-state index is 0.0870. The van der Waals surface area contributed by atoms with Gasteiger partial charge in [0.2, 0.25) is 5.91 Å². The molecule has 1 aliphatic rings. The normalized spacial score (nSPS) is 24.1. The predicted molar refractivity (Wildman–Crippen MR) is 84.0 cm³/mol. The van der Waals surface area contributed by atoms with Gasteiger partial charge in [0.15, 0.2) is 0 Å². The Hall–Kier alpha value is -1.36. The van der Waals surface area contributed by atoms with Crippen LogP contribution in [0.15, 0.2) is 6.07 Å². The molecular weight excluding hydrogens is 264 g/mol. The first-order valence-corrected chi connectivity index (χ1v) is 7.94. The van der Waals surface area contributed by atoms with Gasteiger partial charge >= 0.3 is 0 Å². The van der Waals surface area contributed by atoms with Gasteiger partial charge in [-0.1, -0.05) is 6.92 Å². The highest BCUT2D eigenvalue weighted by Gasteiger charge is 2.29. The van der Waals surface area contributed by atoms with Crippen LogP contribution in [0.5, 0.6) is 0 Å². The summed E-state index contributed by atoms with van der Waals surface area (Å²) in [6.45, 7) is 9.71. The van der Waals surface area contributed by atoms with Crippen molar-refractivity contribution in [2.24, 2.45) is 11.7 Å². The highest BCUT2D eigenvalue weighted by atomic mass is 16.2. The van der Waals surface area contributed by atoms with Crippen molar-refractivity contribution in [3.8, 4) is 0 Å². The Morgan fingerprint density at radius 3 is 2.81 bits per heavy atom. The topological polar surface area (TPSA) is 64.2 Å². The van der Waals surface area contributed by atoms with E-state index < -0.39 is 0 Å². The number of piperidine rings is 1. The van der Waals surface area contributed by atoms with Gasteiger partial charge in [-0.3, -0.25) is 9.48 Å². The molecular formula is C16H28N4O. The Morgan fingerprint density at radius 1 is 1.52 bits per heavy atom. The average molecular weight is 292 g/mol. The molecule has 1 fully saturated rings. The highest BCUT2D eigenvalue weighted by Crippen LogP contribution is 2.24. The van der Waals surface area contributed by atoms with Crippen LogP contribution in [0.25, 0.3) is 0 Å². The van der Waals surface area contributed by atoms with E-state index in [4.69, 9.17) is 5.73 Å². The van der Waals surface area contributed by atoms with Crippen LogP contribution in [0.2, 0.25) is 0 Å². The summed E-state index contributed by atoms with van der Waals surface area (Å²) in [5.74, 6) is 0.869. The zero-order valence-corrected chi connectivity index (χ0v) is 13.7. The summed E-state index contributed by atoms with van der Waals surface area (Å²) in [6, 6.07) is 2.34. The molecule has 2 rings (SSSR count). The Balaban J connectivity index is 2.01. The molecule has 0 saturated carbocycles. The third-order valence-corrected chi connectivity index (χ3v) is 4.50. The zero-order valence-electron chi connectivity index (χ0n) is 13.7. The van der Waals surface area contributed by atoms with Gasteiger partial charge in [0.1, 0.15) is 0 Å². The van der Waals surface area contributed by atoms with Gasteiger partial charge in [0, 0.05) is 31.2 Å². The molecule has 5 heteroatoms. The van der Waals surface area contributed by atoms with E-state index in [0.717, 1.165) is 30.8 Å².